The molecule has 5 N–H and O–H groups in total. The molecule has 4 rings (SSSR count). The largest absolute Gasteiger partial charge is 0.480 e. The summed E-state index contributed by atoms with van der Waals surface area (Å²) >= 11 is 0. The minimum absolute atomic E-state index is 0.0249. The third-order valence-electron chi connectivity index (χ3n) is 7.13. The van der Waals surface area contributed by atoms with Gasteiger partial charge in [0.2, 0.25) is 5.91 Å². The van der Waals surface area contributed by atoms with Crippen LogP contribution in [0.25, 0.3) is 11.0 Å². The first-order chi connectivity index (χ1) is 17.1. The second-order valence-electron chi connectivity index (χ2n) is 9.46. The maximum atomic E-state index is 13.7. The maximum absolute atomic E-state index is 13.7. The van der Waals surface area contributed by atoms with Crippen molar-refractivity contribution < 1.29 is 14.7 Å². The molecule has 1 aliphatic rings. The molecule has 0 saturated carbocycles. The summed E-state index contributed by atoms with van der Waals surface area (Å²) in [5.41, 5.74) is 8.31. The van der Waals surface area contributed by atoms with Crippen molar-refractivity contribution in [2.24, 2.45) is 12.8 Å². The van der Waals surface area contributed by atoms with Crippen LogP contribution in [0.15, 0.2) is 42.5 Å². The van der Waals surface area contributed by atoms with Crippen LogP contribution in [-0.2, 0) is 28.7 Å². The molecular weight excluding hydrogens is 458 g/mol. The lowest BCUT2D eigenvalue weighted by Crippen LogP contribution is -2.55. The van der Waals surface area contributed by atoms with Gasteiger partial charge in [-0.15, -0.1) is 0 Å². The molecule has 0 bridgehead atoms. The number of nitrogen functional groups attached to an aromatic ring is 1. The van der Waals surface area contributed by atoms with E-state index in [1.54, 1.807) is 31.0 Å². The van der Waals surface area contributed by atoms with E-state index in [0.717, 1.165) is 35.4 Å². The highest BCUT2D eigenvalue weighted by molar-refractivity contribution is 5.95. The summed E-state index contributed by atoms with van der Waals surface area (Å²) in [6.07, 6.45) is 1.91. The number of nitrogens with zero attached hydrogens (tertiary/aromatic N) is 4. The third-order valence-corrected chi connectivity index (χ3v) is 7.13. The van der Waals surface area contributed by atoms with Gasteiger partial charge in [0.05, 0.1) is 24.1 Å². The molecule has 10 heteroatoms. The van der Waals surface area contributed by atoms with Crippen molar-refractivity contribution in [1.29, 1.82) is 5.41 Å². The Morgan fingerprint density at radius 3 is 2.47 bits per heavy atom. The van der Waals surface area contributed by atoms with Gasteiger partial charge in [0.25, 0.3) is 0 Å². The number of aliphatic carboxylic acids is 1. The number of carbonyl (C=O) groups excluding carboxylic acids is 1. The van der Waals surface area contributed by atoms with Gasteiger partial charge in [0, 0.05) is 31.4 Å². The molecule has 1 unspecified atom stereocenters. The number of nitrogens with one attached hydrogen (secondary N) is 2. The number of aromatic nitrogens is 2. The molecule has 1 fully saturated rings. The average molecular weight is 492 g/mol. The molecule has 36 heavy (non-hydrogen) atoms. The van der Waals surface area contributed by atoms with Crippen LogP contribution >= 0.6 is 0 Å². The Morgan fingerprint density at radius 2 is 1.86 bits per heavy atom. The predicted octanol–water partition coefficient (Wildman–Crippen LogP) is 2.32. The van der Waals surface area contributed by atoms with Gasteiger partial charge in [0.15, 0.2) is 0 Å². The molecule has 0 radical (unpaired) electrons. The van der Waals surface area contributed by atoms with Gasteiger partial charge in [0.1, 0.15) is 17.2 Å². The zero-order valence-corrected chi connectivity index (χ0v) is 20.9. The standard InChI is InChI=1S/C26H33N7O3/c1-26(31(2)16-23(34)35,25(36)33-12-4-5-13-33)18-8-11-21-20(14-18)30-22(32(21)3)15-29-19-9-6-17(7-10-19)24(27)28/h6-11,14,29H,4-5,12-13,15-16H2,1-3H3,(H3,27,28)(H,34,35). The van der Waals surface area contributed by atoms with Gasteiger partial charge in [-0.05, 0) is 68.8 Å². The van der Waals surface area contributed by atoms with Crippen molar-refractivity contribution in [2.45, 2.75) is 31.8 Å². The van der Waals surface area contributed by atoms with E-state index in [4.69, 9.17) is 16.1 Å². The topological polar surface area (TPSA) is 141 Å². The number of amidine groups is 1. The molecule has 1 atom stereocenters. The van der Waals surface area contributed by atoms with E-state index in [-0.39, 0.29) is 18.3 Å². The van der Waals surface area contributed by atoms with E-state index < -0.39 is 11.5 Å². The summed E-state index contributed by atoms with van der Waals surface area (Å²) < 4.78 is 2.00. The highest BCUT2D eigenvalue weighted by Crippen LogP contribution is 2.33. The molecule has 3 aromatic rings. The van der Waals surface area contributed by atoms with E-state index in [9.17, 15) is 14.7 Å². The molecule has 2 heterocycles. The van der Waals surface area contributed by atoms with Crippen LogP contribution in [0.4, 0.5) is 5.69 Å². The second kappa shape index (κ2) is 9.98. The zero-order chi connectivity index (χ0) is 26.0. The van der Waals surface area contributed by atoms with Gasteiger partial charge < -0.3 is 25.6 Å². The van der Waals surface area contributed by atoms with Crippen molar-refractivity contribution in [3.8, 4) is 0 Å². The minimum atomic E-state index is -1.13. The lowest BCUT2D eigenvalue weighted by molar-refractivity contribution is -0.147. The Morgan fingerprint density at radius 1 is 1.19 bits per heavy atom. The summed E-state index contributed by atoms with van der Waals surface area (Å²) in [7, 11) is 3.62. The first-order valence-electron chi connectivity index (χ1n) is 12.0. The van der Waals surface area contributed by atoms with Crippen LogP contribution in [0.2, 0.25) is 0 Å². The molecular formula is C26H33N7O3. The van der Waals surface area contributed by atoms with E-state index in [0.29, 0.717) is 30.8 Å². The Labute approximate surface area is 210 Å². The molecule has 1 aliphatic heterocycles. The predicted molar refractivity (Wildman–Crippen MR) is 139 cm³/mol. The summed E-state index contributed by atoms with van der Waals surface area (Å²) in [4.78, 5) is 33.4. The summed E-state index contributed by atoms with van der Waals surface area (Å²) in [6.45, 7) is 3.39. The minimum Gasteiger partial charge on any atom is -0.480 e. The Balaban J connectivity index is 1.63. The van der Waals surface area contributed by atoms with Crippen LogP contribution in [0.1, 0.15) is 36.7 Å². The number of hydrogen-bond acceptors (Lipinski definition) is 6. The number of rotatable bonds is 9. The summed E-state index contributed by atoms with van der Waals surface area (Å²) in [5.74, 6) is -0.238. The molecule has 0 spiro atoms. The number of likely N-dealkylation sites (N-methyl/N-ethyl adjacent to an activating group) is 1. The lowest BCUT2D eigenvalue weighted by Gasteiger charge is -2.39. The highest BCUT2D eigenvalue weighted by Gasteiger charge is 2.43. The summed E-state index contributed by atoms with van der Waals surface area (Å²) in [5, 5.41) is 20.3. The van der Waals surface area contributed by atoms with Gasteiger partial charge in [-0.1, -0.05) is 6.07 Å². The normalized spacial score (nSPS) is 15.3. The number of carboxylic acid groups (broad SMARTS) is 1. The molecule has 1 amide bonds. The smallest absolute Gasteiger partial charge is 0.317 e. The Hall–Kier alpha value is -3.92. The van der Waals surface area contributed by atoms with Crippen molar-refractivity contribution in [3.05, 3.63) is 59.4 Å². The van der Waals surface area contributed by atoms with Gasteiger partial charge in [-0.25, -0.2) is 4.98 Å². The van der Waals surface area contributed by atoms with Gasteiger partial charge >= 0.3 is 5.97 Å². The van der Waals surface area contributed by atoms with Crippen molar-refractivity contribution in [1.82, 2.24) is 19.4 Å². The molecule has 190 valence electrons. The number of fused-ring (bicyclic) bond motifs is 1. The highest BCUT2D eigenvalue weighted by atomic mass is 16.4. The zero-order valence-electron chi connectivity index (χ0n) is 20.9. The monoisotopic (exact) mass is 491 g/mol. The number of imidazole rings is 1. The number of hydrogen-bond donors (Lipinski definition) is 4. The molecule has 2 aromatic carbocycles. The van der Waals surface area contributed by atoms with Crippen molar-refractivity contribution >= 4 is 34.4 Å². The fourth-order valence-corrected chi connectivity index (χ4v) is 4.76. The fraction of sp³-hybridized carbons (Fsp3) is 0.385. The first-order valence-corrected chi connectivity index (χ1v) is 12.0. The van der Waals surface area contributed by atoms with Crippen LogP contribution in [-0.4, -0.2) is 68.9 Å². The Kier molecular flexibility index (Phi) is 6.98. The second-order valence-corrected chi connectivity index (χ2v) is 9.46. The molecule has 0 aliphatic carbocycles. The van der Waals surface area contributed by atoms with E-state index in [1.807, 2.05) is 46.8 Å². The molecule has 1 saturated heterocycles. The van der Waals surface area contributed by atoms with Crippen LogP contribution in [0.5, 0.6) is 0 Å². The van der Waals surface area contributed by atoms with E-state index in [2.05, 4.69) is 5.32 Å². The number of aryl methyl sites for hydroxylation is 1. The van der Waals surface area contributed by atoms with E-state index in [1.165, 1.54) is 0 Å². The summed E-state index contributed by atoms with van der Waals surface area (Å²) in [6, 6.07) is 13.0. The fourth-order valence-electron chi connectivity index (χ4n) is 4.76. The number of likely N-dealkylation sites (tertiary alicyclic amines) is 1. The number of carbonyl (C=O) groups is 2. The van der Waals surface area contributed by atoms with Crippen LogP contribution < -0.4 is 11.1 Å². The maximum Gasteiger partial charge on any atom is 0.317 e. The quantitative estimate of drug-likeness (QED) is 0.266. The van der Waals surface area contributed by atoms with Crippen LogP contribution in [0.3, 0.4) is 0 Å². The number of amides is 1. The number of anilines is 1. The average Bonchev–Trinajstić information content (AvgIpc) is 3.49. The van der Waals surface area contributed by atoms with Gasteiger partial charge in [-0.2, -0.15) is 0 Å². The van der Waals surface area contributed by atoms with Crippen LogP contribution in [0, 0.1) is 5.41 Å². The molecule has 10 nitrogen and oxygen atoms in total. The number of carboxylic acids is 1. The number of benzene rings is 2. The SMILES string of the molecule is CN(CC(=O)O)C(C)(C(=O)N1CCCC1)c1ccc2c(c1)nc(CNc1ccc(C(=N)N)cc1)n2C. The number of nitrogens with two attached hydrogens (primary N) is 1. The van der Waals surface area contributed by atoms with Crippen molar-refractivity contribution in [3.63, 3.8) is 0 Å². The Bertz CT molecular complexity index is 1290. The van der Waals surface area contributed by atoms with Gasteiger partial charge in [-0.3, -0.25) is 19.9 Å². The first kappa shape index (κ1) is 25.2. The lowest BCUT2D eigenvalue weighted by atomic mass is 9.88. The third kappa shape index (κ3) is 4.76. The molecule has 1 aromatic heterocycles. The van der Waals surface area contributed by atoms with Crippen molar-refractivity contribution in [2.75, 3.05) is 32.0 Å². The van der Waals surface area contributed by atoms with E-state index >= 15 is 0 Å².